The summed E-state index contributed by atoms with van der Waals surface area (Å²) in [6.45, 7) is 0.728. The van der Waals surface area contributed by atoms with E-state index in [0.717, 1.165) is 17.7 Å². The van der Waals surface area contributed by atoms with Gasteiger partial charge in [0, 0.05) is 24.5 Å². The second-order valence-electron chi connectivity index (χ2n) is 4.50. The summed E-state index contributed by atoms with van der Waals surface area (Å²) >= 11 is 0. The molecule has 3 heteroatoms. The summed E-state index contributed by atoms with van der Waals surface area (Å²) in [6, 6.07) is 20.3. The summed E-state index contributed by atoms with van der Waals surface area (Å²) in [4.78, 5) is 8.70. The smallest absolute Gasteiger partial charge is 0.222 e. The van der Waals surface area contributed by atoms with Crippen LogP contribution in [0.4, 0.5) is 5.95 Å². The SMILES string of the molecule is c1ccc(CNc2ncc(-c3ccccc3)cn2)cc1. The summed E-state index contributed by atoms with van der Waals surface area (Å²) in [7, 11) is 0. The zero-order valence-corrected chi connectivity index (χ0v) is 11.0. The molecule has 0 atom stereocenters. The molecule has 1 N–H and O–H groups in total. The van der Waals surface area contributed by atoms with Crippen molar-refractivity contribution in [1.29, 1.82) is 0 Å². The molecular weight excluding hydrogens is 246 g/mol. The molecule has 0 spiro atoms. The molecule has 20 heavy (non-hydrogen) atoms. The minimum atomic E-state index is 0.647. The highest BCUT2D eigenvalue weighted by atomic mass is 15.1. The Morgan fingerprint density at radius 3 is 1.95 bits per heavy atom. The van der Waals surface area contributed by atoms with E-state index in [0.29, 0.717) is 5.95 Å². The maximum absolute atomic E-state index is 4.35. The van der Waals surface area contributed by atoms with E-state index < -0.39 is 0 Å². The van der Waals surface area contributed by atoms with Crippen LogP contribution in [0.25, 0.3) is 11.1 Å². The monoisotopic (exact) mass is 261 g/mol. The van der Waals surface area contributed by atoms with Crippen molar-refractivity contribution < 1.29 is 0 Å². The summed E-state index contributed by atoms with van der Waals surface area (Å²) < 4.78 is 0. The second kappa shape index (κ2) is 5.97. The molecule has 0 aliphatic carbocycles. The summed E-state index contributed by atoms with van der Waals surface area (Å²) in [6.07, 6.45) is 3.69. The fourth-order valence-electron chi connectivity index (χ4n) is 1.98. The number of hydrogen-bond donors (Lipinski definition) is 1. The molecule has 98 valence electrons. The molecule has 0 bridgehead atoms. The van der Waals surface area contributed by atoms with Gasteiger partial charge in [-0.2, -0.15) is 0 Å². The van der Waals surface area contributed by atoms with E-state index >= 15 is 0 Å². The van der Waals surface area contributed by atoms with Crippen LogP contribution in [0.15, 0.2) is 73.1 Å². The summed E-state index contributed by atoms with van der Waals surface area (Å²) in [5.41, 5.74) is 3.36. The molecule has 0 radical (unpaired) electrons. The maximum Gasteiger partial charge on any atom is 0.222 e. The van der Waals surface area contributed by atoms with Crippen molar-refractivity contribution in [2.45, 2.75) is 6.54 Å². The maximum atomic E-state index is 4.35. The third kappa shape index (κ3) is 3.01. The van der Waals surface area contributed by atoms with E-state index in [9.17, 15) is 0 Å². The Bertz CT molecular complexity index is 649. The first kappa shape index (κ1) is 12.4. The molecule has 3 nitrogen and oxygen atoms in total. The van der Waals surface area contributed by atoms with E-state index in [1.165, 1.54) is 5.56 Å². The van der Waals surface area contributed by atoms with Gasteiger partial charge < -0.3 is 5.32 Å². The number of hydrogen-bond acceptors (Lipinski definition) is 3. The van der Waals surface area contributed by atoms with Gasteiger partial charge in [-0.15, -0.1) is 0 Å². The van der Waals surface area contributed by atoms with Crippen molar-refractivity contribution in [3.05, 3.63) is 78.6 Å². The minimum absolute atomic E-state index is 0.647. The first-order chi connectivity index (χ1) is 9.92. The van der Waals surface area contributed by atoms with Crippen LogP contribution in [0.1, 0.15) is 5.56 Å². The van der Waals surface area contributed by atoms with Gasteiger partial charge in [0.2, 0.25) is 5.95 Å². The fourth-order valence-corrected chi connectivity index (χ4v) is 1.98. The summed E-state index contributed by atoms with van der Waals surface area (Å²) in [5.74, 6) is 0.647. The van der Waals surface area contributed by atoms with Crippen molar-refractivity contribution in [3.63, 3.8) is 0 Å². The predicted molar refractivity (Wildman–Crippen MR) is 81.2 cm³/mol. The molecule has 3 rings (SSSR count). The average Bonchev–Trinajstić information content (AvgIpc) is 2.55. The highest BCUT2D eigenvalue weighted by Gasteiger charge is 1.99. The fraction of sp³-hybridized carbons (Fsp3) is 0.0588. The van der Waals surface area contributed by atoms with Crippen molar-refractivity contribution >= 4 is 5.95 Å². The Labute approximate surface area is 118 Å². The largest absolute Gasteiger partial charge is 0.350 e. The number of nitrogens with zero attached hydrogens (tertiary/aromatic N) is 2. The normalized spacial score (nSPS) is 10.2. The highest BCUT2D eigenvalue weighted by Crippen LogP contribution is 2.17. The Balaban J connectivity index is 1.68. The number of anilines is 1. The molecular formula is C17H15N3. The first-order valence-electron chi connectivity index (χ1n) is 6.57. The number of nitrogens with one attached hydrogen (secondary N) is 1. The van der Waals surface area contributed by atoms with Gasteiger partial charge in [0.15, 0.2) is 0 Å². The van der Waals surface area contributed by atoms with E-state index in [1.54, 1.807) is 0 Å². The van der Waals surface area contributed by atoms with Crippen LogP contribution in [0.3, 0.4) is 0 Å². The Kier molecular flexibility index (Phi) is 3.69. The average molecular weight is 261 g/mol. The van der Waals surface area contributed by atoms with Gasteiger partial charge in [0.05, 0.1) is 0 Å². The number of rotatable bonds is 4. The van der Waals surface area contributed by atoms with Crippen molar-refractivity contribution in [1.82, 2.24) is 9.97 Å². The van der Waals surface area contributed by atoms with Gasteiger partial charge in [-0.3, -0.25) is 0 Å². The van der Waals surface area contributed by atoms with Crippen LogP contribution in [0.5, 0.6) is 0 Å². The van der Waals surface area contributed by atoms with E-state index in [2.05, 4.69) is 39.6 Å². The molecule has 0 saturated carbocycles. The zero-order chi connectivity index (χ0) is 13.6. The lowest BCUT2D eigenvalue weighted by molar-refractivity contribution is 1.06. The number of aromatic nitrogens is 2. The van der Waals surface area contributed by atoms with Gasteiger partial charge in [-0.25, -0.2) is 9.97 Å². The van der Waals surface area contributed by atoms with Crippen LogP contribution in [0, 0.1) is 0 Å². The quantitative estimate of drug-likeness (QED) is 0.777. The molecule has 0 amide bonds. The third-order valence-corrected chi connectivity index (χ3v) is 3.05. The molecule has 2 aromatic carbocycles. The van der Waals surface area contributed by atoms with Crippen LogP contribution in [-0.2, 0) is 6.54 Å². The lowest BCUT2D eigenvalue weighted by Crippen LogP contribution is -2.03. The molecule has 0 aliphatic rings. The van der Waals surface area contributed by atoms with Gasteiger partial charge in [-0.1, -0.05) is 60.7 Å². The standard InChI is InChI=1S/C17H15N3/c1-3-7-14(8-4-1)11-18-17-19-12-16(13-20-17)15-9-5-2-6-10-15/h1-10,12-13H,11H2,(H,18,19,20). The molecule has 1 aromatic heterocycles. The van der Waals surface area contributed by atoms with Crippen molar-refractivity contribution in [3.8, 4) is 11.1 Å². The van der Waals surface area contributed by atoms with Crippen molar-refractivity contribution in [2.24, 2.45) is 0 Å². The Morgan fingerprint density at radius 2 is 1.30 bits per heavy atom. The van der Waals surface area contributed by atoms with Crippen LogP contribution in [0.2, 0.25) is 0 Å². The van der Waals surface area contributed by atoms with Crippen LogP contribution < -0.4 is 5.32 Å². The topological polar surface area (TPSA) is 37.8 Å². The van der Waals surface area contributed by atoms with Crippen molar-refractivity contribution in [2.75, 3.05) is 5.32 Å². The van der Waals surface area contributed by atoms with Gasteiger partial charge in [0.25, 0.3) is 0 Å². The zero-order valence-electron chi connectivity index (χ0n) is 11.0. The van der Waals surface area contributed by atoms with Gasteiger partial charge >= 0.3 is 0 Å². The Hall–Kier alpha value is -2.68. The number of benzene rings is 2. The highest BCUT2D eigenvalue weighted by molar-refractivity contribution is 5.61. The Morgan fingerprint density at radius 1 is 0.700 bits per heavy atom. The minimum Gasteiger partial charge on any atom is -0.350 e. The third-order valence-electron chi connectivity index (χ3n) is 3.05. The van der Waals surface area contributed by atoms with Gasteiger partial charge in [0.1, 0.15) is 0 Å². The van der Waals surface area contributed by atoms with E-state index in [4.69, 9.17) is 0 Å². The lowest BCUT2D eigenvalue weighted by atomic mass is 10.1. The lowest BCUT2D eigenvalue weighted by Gasteiger charge is -2.05. The van der Waals surface area contributed by atoms with Crippen LogP contribution in [-0.4, -0.2) is 9.97 Å². The van der Waals surface area contributed by atoms with E-state index in [1.807, 2.05) is 48.8 Å². The molecule has 0 aliphatic heterocycles. The van der Waals surface area contributed by atoms with Crippen LogP contribution >= 0.6 is 0 Å². The molecule has 0 saturated heterocycles. The predicted octanol–water partition coefficient (Wildman–Crippen LogP) is 3.76. The summed E-state index contributed by atoms with van der Waals surface area (Å²) in [5, 5.41) is 3.22. The van der Waals surface area contributed by atoms with E-state index in [-0.39, 0.29) is 0 Å². The molecule has 0 fully saturated rings. The molecule has 0 unspecified atom stereocenters. The molecule has 3 aromatic rings. The van der Waals surface area contributed by atoms with Gasteiger partial charge in [-0.05, 0) is 11.1 Å². The first-order valence-corrected chi connectivity index (χ1v) is 6.57. The second-order valence-corrected chi connectivity index (χ2v) is 4.50. The molecule has 1 heterocycles.